The van der Waals surface area contributed by atoms with Crippen LogP contribution in [0.3, 0.4) is 0 Å². The molecule has 4 nitrogen and oxygen atoms in total. The number of rotatable bonds is 4. The number of halogens is 1. The highest BCUT2D eigenvalue weighted by Crippen LogP contribution is 2.20. The Kier molecular flexibility index (Phi) is 4.56. The van der Waals surface area contributed by atoms with Gasteiger partial charge >= 0.3 is 0 Å². The minimum Gasteiger partial charge on any atom is -0.298 e. The fraction of sp³-hybridized carbons (Fsp3) is 0.0625. The minimum atomic E-state index is -0.236. The smallest absolute Gasteiger partial charge is 0.278 e. The number of nitrogens with zero attached hydrogens (tertiary/aromatic N) is 2. The lowest BCUT2D eigenvalue weighted by Crippen LogP contribution is -2.14. The number of thioether (sulfide) groups is 1. The number of benzene rings is 2. The average Bonchev–Trinajstić information content (AvgIpc) is 2.55. The van der Waals surface area contributed by atoms with Crippen LogP contribution in [0.1, 0.15) is 5.56 Å². The van der Waals surface area contributed by atoms with Crippen molar-refractivity contribution in [2.24, 2.45) is 0 Å². The molecule has 1 aromatic heterocycles. The largest absolute Gasteiger partial charge is 0.298 e. The van der Waals surface area contributed by atoms with Gasteiger partial charge in [0.05, 0.1) is 0 Å². The number of hydrogen-bond donors (Lipinski definition) is 1. The van der Waals surface area contributed by atoms with E-state index in [1.54, 1.807) is 0 Å². The molecule has 0 amide bonds. The highest BCUT2D eigenvalue weighted by atomic mass is 35.5. The van der Waals surface area contributed by atoms with Crippen LogP contribution in [0.25, 0.3) is 11.3 Å². The van der Waals surface area contributed by atoms with E-state index in [0.29, 0.717) is 21.6 Å². The molecular formula is C16H12ClN3OS. The third-order valence-corrected chi connectivity index (χ3v) is 4.20. The lowest BCUT2D eigenvalue weighted by molar-refractivity contribution is 0.824. The zero-order chi connectivity index (χ0) is 15.4. The quantitative estimate of drug-likeness (QED) is 0.740. The molecule has 0 aliphatic rings. The summed E-state index contributed by atoms with van der Waals surface area (Å²) in [4.78, 5) is 14.9. The van der Waals surface area contributed by atoms with E-state index in [4.69, 9.17) is 11.6 Å². The van der Waals surface area contributed by atoms with E-state index in [1.165, 1.54) is 11.8 Å². The van der Waals surface area contributed by atoms with Gasteiger partial charge in [-0.3, -0.25) is 9.78 Å². The Balaban J connectivity index is 1.75. The number of H-pyrrole nitrogens is 1. The van der Waals surface area contributed by atoms with Crippen LogP contribution in [0.5, 0.6) is 0 Å². The third-order valence-electron chi connectivity index (χ3n) is 3.01. The Hall–Kier alpha value is -2.11. The zero-order valence-corrected chi connectivity index (χ0v) is 13.1. The summed E-state index contributed by atoms with van der Waals surface area (Å²) in [5.74, 6) is 0.687. The molecule has 0 fully saturated rings. The second kappa shape index (κ2) is 6.77. The first-order valence-corrected chi connectivity index (χ1v) is 7.98. The zero-order valence-electron chi connectivity index (χ0n) is 11.5. The van der Waals surface area contributed by atoms with Crippen LogP contribution >= 0.6 is 23.4 Å². The molecule has 2 aromatic carbocycles. The van der Waals surface area contributed by atoms with Gasteiger partial charge in [0.15, 0.2) is 10.9 Å². The first-order chi connectivity index (χ1) is 10.7. The van der Waals surface area contributed by atoms with Crippen molar-refractivity contribution < 1.29 is 0 Å². The van der Waals surface area contributed by atoms with Crippen molar-refractivity contribution >= 4 is 23.4 Å². The fourth-order valence-corrected chi connectivity index (χ4v) is 2.79. The molecule has 0 radical (unpaired) electrons. The van der Waals surface area contributed by atoms with E-state index >= 15 is 0 Å². The Labute approximate surface area is 136 Å². The Bertz CT molecular complexity index is 819. The van der Waals surface area contributed by atoms with Crippen LogP contribution in [0.2, 0.25) is 5.02 Å². The fourth-order valence-electron chi connectivity index (χ4n) is 1.90. The van der Waals surface area contributed by atoms with Gasteiger partial charge in [-0.1, -0.05) is 65.8 Å². The molecule has 3 rings (SSSR count). The van der Waals surface area contributed by atoms with Gasteiger partial charge in [-0.25, -0.2) is 0 Å². The van der Waals surface area contributed by atoms with Gasteiger partial charge in [-0.15, -0.1) is 10.2 Å². The van der Waals surface area contributed by atoms with Crippen LogP contribution in [-0.4, -0.2) is 15.2 Å². The predicted molar refractivity (Wildman–Crippen MR) is 89.1 cm³/mol. The van der Waals surface area contributed by atoms with Gasteiger partial charge in [-0.05, 0) is 17.7 Å². The maximum Gasteiger partial charge on any atom is 0.278 e. The van der Waals surface area contributed by atoms with Crippen molar-refractivity contribution in [2.45, 2.75) is 10.9 Å². The molecule has 0 saturated carbocycles. The van der Waals surface area contributed by atoms with Gasteiger partial charge in [0.2, 0.25) is 0 Å². The predicted octanol–water partition coefficient (Wildman–Crippen LogP) is 3.78. The second-order valence-electron chi connectivity index (χ2n) is 4.59. The minimum absolute atomic E-state index is 0.236. The van der Waals surface area contributed by atoms with Crippen LogP contribution in [0, 0.1) is 0 Å². The van der Waals surface area contributed by atoms with E-state index in [1.807, 2.05) is 54.6 Å². The highest BCUT2D eigenvalue weighted by molar-refractivity contribution is 7.98. The topological polar surface area (TPSA) is 58.6 Å². The van der Waals surface area contributed by atoms with Crippen molar-refractivity contribution in [3.05, 3.63) is 75.5 Å². The third kappa shape index (κ3) is 3.55. The standard InChI is InChI=1S/C16H12ClN3OS/c17-13-8-6-11(7-9-13)10-22-16-18-15(21)14(19-20-16)12-4-2-1-3-5-12/h1-9H,10H2,(H,18,20,21). The van der Waals surface area contributed by atoms with Gasteiger partial charge in [0.1, 0.15) is 0 Å². The Morgan fingerprint density at radius 3 is 2.41 bits per heavy atom. The summed E-state index contributed by atoms with van der Waals surface area (Å²) < 4.78 is 0. The molecule has 1 N–H and O–H groups in total. The van der Waals surface area contributed by atoms with Gasteiger partial charge in [0.25, 0.3) is 5.56 Å². The maximum absolute atomic E-state index is 12.1. The van der Waals surface area contributed by atoms with E-state index in [2.05, 4.69) is 15.2 Å². The van der Waals surface area contributed by atoms with Crippen LogP contribution in [-0.2, 0) is 5.75 Å². The van der Waals surface area contributed by atoms with E-state index in [9.17, 15) is 4.79 Å². The van der Waals surface area contributed by atoms with Gasteiger partial charge < -0.3 is 0 Å². The first kappa shape index (κ1) is 14.8. The van der Waals surface area contributed by atoms with Crippen molar-refractivity contribution in [1.82, 2.24) is 15.2 Å². The molecule has 0 unspecified atom stereocenters. The highest BCUT2D eigenvalue weighted by Gasteiger charge is 2.07. The van der Waals surface area contributed by atoms with Crippen LogP contribution < -0.4 is 5.56 Å². The summed E-state index contributed by atoms with van der Waals surface area (Å²) in [6.07, 6.45) is 0. The molecular weight excluding hydrogens is 318 g/mol. The summed E-state index contributed by atoms with van der Waals surface area (Å²) in [5, 5.41) is 9.32. The molecule has 0 aliphatic heterocycles. The average molecular weight is 330 g/mol. The summed E-state index contributed by atoms with van der Waals surface area (Å²) in [7, 11) is 0. The summed E-state index contributed by atoms with van der Waals surface area (Å²) in [6, 6.07) is 16.8. The van der Waals surface area contributed by atoms with Crippen molar-refractivity contribution in [2.75, 3.05) is 0 Å². The summed E-state index contributed by atoms with van der Waals surface area (Å²) in [6.45, 7) is 0. The second-order valence-corrected chi connectivity index (χ2v) is 5.99. The maximum atomic E-state index is 12.1. The Morgan fingerprint density at radius 1 is 1.00 bits per heavy atom. The molecule has 3 aromatic rings. The molecule has 22 heavy (non-hydrogen) atoms. The first-order valence-electron chi connectivity index (χ1n) is 6.62. The molecule has 0 spiro atoms. The molecule has 0 saturated heterocycles. The lowest BCUT2D eigenvalue weighted by Gasteiger charge is -2.03. The van der Waals surface area contributed by atoms with E-state index in [-0.39, 0.29) is 5.56 Å². The molecule has 0 bridgehead atoms. The molecule has 110 valence electrons. The van der Waals surface area contributed by atoms with Gasteiger partial charge in [-0.2, -0.15) is 0 Å². The van der Waals surface area contributed by atoms with E-state index < -0.39 is 0 Å². The molecule has 0 aliphatic carbocycles. The monoisotopic (exact) mass is 329 g/mol. The van der Waals surface area contributed by atoms with Crippen molar-refractivity contribution in [1.29, 1.82) is 0 Å². The summed E-state index contributed by atoms with van der Waals surface area (Å²) in [5.41, 5.74) is 1.95. The van der Waals surface area contributed by atoms with Crippen molar-refractivity contribution in [3.63, 3.8) is 0 Å². The van der Waals surface area contributed by atoms with Crippen LogP contribution in [0.4, 0.5) is 0 Å². The van der Waals surface area contributed by atoms with Gasteiger partial charge in [0, 0.05) is 16.3 Å². The molecule has 0 atom stereocenters. The van der Waals surface area contributed by atoms with E-state index in [0.717, 1.165) is 11.1 Å². The number of hydrogen-bond acceptors (Lipinski definition) is 4. The number of aromatic amines is 1. The SMILES string of the molecule is O=c1[nH]c(SCc2ccc(Cl)cc2)nnc1-c1ccccc1. The lowest BCUT2D eigenvalue weighted by atomic mass is 10.2. The van der Waals surface area contributed by atoms with Crippen LogP contribution in [0.15, 0.2) is 64.5 Å². The number of nitrogens with one attached hydrogen (secondary N) is 1. The Morgan fingerprint density at radius 2 is 1.73 bits per heavy atom. The normalized spacial score (nSPS) is 10.6. The molecule has 1 heterocycles. The molecule has 6 heteroatoms. The number of aromatic nitrogens is 3. The van der Waals surface area contributed by atoms with Crippen molar-refractivity contribution in [3.8, 4) is 11.3 Å². The summed E-state index contributed by atoms with van der Waals surface area (Å²) >= 11 is 7.27.